The van der Waals surface area contributed by atoms with Crippen LogP contribution >= 0.6 is 45.3 Å². The number of hydrogen-bond acceptors (Lipinski definition) is 4. The van der Waals surface area contributed by atoms with Gasteiger partial charge in [-0.2, -0.15) is 0 Å². The van der Waals surface area contributed by atoms with Crippen LogP contribution in [-0.2, 0) is 6.42 Å². The van der Waals surface area contributed by atoms with Crippen LogP contribution in [0.25, 0.3) is 10.1 Å². The number of rotatable bonds is 4. The van der Waals surface area contributed by atoms with Crippen LogP contribution in [0.2, 0.25) is 0 Å². The third kappa shape index (κ3) is 2.85. The van der Waals surface area contributed by atoms with Crippen molar-refractivity contribution in [3.63, 3.8) is 0 Å². The molecule has 0 radical (unpaired) electrons. The SMILES string of the molecule is NNC(Cc1csc2ccccc12)c1csc(I)c1. The van der Waals surface area contributed by atoms with Gasteiger partial charge in [-0.15, -0.1) is 22.7 Å². The van der Waals surface area contributed by atoms with E-state index in [4.69, 9.17) is 5.84 Å². The van der Waals surface area contributed by atoms with Gasteiger partial charge in [0.25, 0.3) is 0 Å². The molecule has 0 aliphatic carbocycles. The van der Waals surface area contributed by atoms with E-state index < -0.39 is 0 Å². The van der Waals surface area contributed by atoms with Gasteiger partial charge >= 0.3 is 0 Å². The molecule has 0 bridgehead atoms. The summed E-state index contributed by atoms with van der Waals surface area (Å²) in [5, 5.41) is 5.77. The maximum atomic E-state index is 5.73. The van der Waals surface area contributed by atoms with Crippen molar-refractivity contribution in [2.24, 2.45) is 5.84 Å². The lowest BCUT2D eigenvalue weighted by Gasteiger charge is -2.14. The molecule has 3 rings (SSSR count). The van der Waals surface area contributed by atoms with Crippen molar-refractivity contribution in [3.05, 3.63) is 55.1 Å². The molecule has 0 spiro atoms. The Morgan fingerprint density at radius 1 is 1.21 bits per heavy atom. The Bertz CT molecular complexity index is 689. The molecule has 2 aromatic heterocycles. The number of nitrogens with one attached hydrogen (secondary N) is 1. The Morgan fingerprint density at radius 3 is 2.79 bits per heavy atom. The maximum absolute atomic E-state index is 5.73. The molecular weight excluding hydrogens is 387 g/mol. The monoisotopic (exact) mass is 400 g/mol. The third-order valence-corrected chi connectivity index (χ3v) is 6.00. The largest absolute Gasteiger partial charge is 0.271 e. The molecule has 2 heterocycles. The summed E-state index contributed by atoms with van der Waals surface area (Å²) < 4.78 is 2.64. The zero-order valence-corrected chi connectivity index (χ0v) is 13.9. The van der Waals surface area contributed by atoms with E-state index in [1.807, 2.05) is 0 Å². The minimum Gasteiger partial charge on any atom is -0.271 e. The van der Waals surface area contributed by atoms with Gasteiger partial charge in [-0.25, -0.2) is 0 Å². The Hall–Kier alpha value is -0.470. The number of thiophene rings is 2. The van der Waals surface area contributed by atoms with Crippen molar-refractivity contribution in [2.45, 2.75) is 12.5 Å². The second kappa shape index (κ2) is 5.88. The Balaban J connectivity index is 1.90. The predicted molar refractivity (Wildman–Crippen MR) is 92.6 cm³/mol. The van der Waals surface area contributed by atoms with Crippen LogP contribution in [0.15, 0.2) is 41.1 Å². The minimum absolute atomic E-state index is 0.178. The van der Waals surface area contributed by atoms with Crippen LogP contribution in [0.5, 0.6) is 0 Å². The summed E-state index contributed by atoms with van der Waals surface area (Å²) in [4.78, 5) is 0. The fourth-order valence-electron chi connectivity index (χ4n) is 2.19. The van der Waals surface area contributed by atoms with Gasteiger partial charge in [-0.1, -0.05) is 18.2 Å². The topological polar surface area (TPSA) is 38.0 Å². The van der Waals surface area contributed by atoms with Crippen LogP contribution in [0.1, 0.15) is 17.2 Å². The summed E-state index contributed by atoms with van der Waals surface area (Å²) in [7, 11) is 0. The lowest BCUT2D eigenvalue weighted by Crippen LogP contribution is -2.29. The highest BCUT2D eigenvalue weighted by atomic mass is 127. The number of nitrogens with two attached hydrogens (primary N) is 1. The Kier molecular flexibility index (Phi) is 4.18. The molecule has 0 amide bonds. The third-order valence-electron chi connectivity index (χ3n) is 3.18. The van der Waals surface area contributed by atoms with Crippen molar-refractivity contribution in [2.75, 3.05) is 0 Å². The van der Waals surface area contributed by atoms with Crippen LogP contribution in [0, 0.1) is 2.88 Å². The van der Waals surface area contributed by atoms with E-state index in [9.17, 15) is 0 Å². The number of hydrazine groups is 1. The zero-order chi connectivity index (χ0) is 13.2. The predicted octanol–water partition coefficient (Wildman–Crippen LogP) is 4.31. The molecule has 5 heteroatoms. The van der Waals surface area contributed by atoms with E-state index in [2.05, 4.69) is 69.1 Å². The van der Waals surface area contributed by atoms with E-state index in [0.29, 0.717) is 0 Å². The fourth-order valence-corrected chi connectivity index (χ4v) is 4.59. The van der Waals surface area contributed by atoms with Gasteiger partial charge in [0.15, 0.2) is 0 Å². The average molecular weight is 400 g/mol. The second-order valence-corrected chi connectivity index (χ2v) is 8.08. The van der Waals surface area contributed by atoms with Gasteiger partial charge in [0.2, 0.25) is 0 Å². The highest BCUT2D eigenvalue weighted by molar-refractivity contribution is 14.1. The molecule has 1 unspecified atom stereocenters. The zero-order valence-electron chi connectivity index (χ0n) is 10.1. The minimum atomic E-state index is 0.178. The van der Waals surface area contributed by atoms with Crippen LogP contribution in [-0.4, -0.2) is 0 Å². The first-order valence-electron chi connectivity index (χ1n) is 5.93. The average Bonchev–Trinajstić information content (AvgIpc) is 3.03. The van der Waals surface area contributed by atoms with E-state index in [0.717, 1.165) is 6.42 Å². The summed E-state index contributed by atoms with van der Waals surface area (Å²) >= 11 is 5.90. The van der Waals surface area contributed by atoms with Gasteiger partial charge in [0, 0.05) is 4.70 Å². The molecule has 0 saturated heterocycles. The van der Waals surface area contributed by atoms with Crippen LogP contribution in [0.3, 0.4) is 0 Å². The van der Waals surface area contributed by atoms with E-state index >= 15 is 0 Å². The molecule has 0 fully saturated rings. The Morgan fingerprint density at radius 2 is 2.05 bits per heavy atom. The standard InChI is InChI=1S/C14H13IN2S2/c15-14-6-10(8-19-14)12(17-16)5-9-7-18-13-4-2-1-3-11(9)13/h1-4,6-8,12,17H,5,16H2. The van der Waals surface area contributed by atoms with Gasteiger partial charge in [0.05, 0.1) is 8.93 Å². The smallest absolute Gasteiger partial charge is 0.0656 e. The number of halogens is 1. The van der Waals surface area contributed by atoms with Crippen LogP contribution < -0.4 is 11.3 Å². The van der Waals surface area contributed by atoms with Gasteiger partial charge < -0.3 is 0 Å². The fraction of sp³-hybridized carbons (Fsp3) is 0.143. The summed E-state index contributed by atoms with van der Waals surface area (Å²) in [6.45, 7) is 0. The van der Waals surface area contributed by atoms with Crippen molar-refractivity contribution < 1.29 is 0 Å². The van der Waals surface area contributed by atoms with E-state index in [1.54, 1.807) is 22.7 Å². The number of fused-ring (bicyclic) bond motifs is 1. The summed E-state index contributed by atoms with van der Waals surface area (Å²) in [6.07, 6.45) is 0.924. The number of hydrogen-bond donors (Lipinski definition) is 2. The Labute approximate surface area is 133 Å². The number of benzene rings is 1. The van der Waals surface area contributed by atoms with Crippen molar-refractivity contribution in [1.82, 2.24) is 5.43 Å². The van der Waals surface area contributed by atoms with E-state index in [-0.39, 0.29) is 6.04 Å². The van der Waals surface area contributed by atoms with Crippen molar-refractivity contribution in [3.8, 4) is 0 Å². The molecule has 1 atom stereocenters. The molecule has 0 aliphatic rings. The normalized spacial score (nSPS) is 12.9. The summed E-state index contributed by atoms with van der Waals surface area (Å²) in [6, 6.07) is 10.9. The first-order valence-corrected chi connectivity index (χ1v) is 8.77. The summed E-state index contributed by atoms with van der Waals surface area (Å²) in [5.41, 5.74) is 5.58. The van der Waals surface area contributed by atoms with Gasteiger partial charge in [-0.05, 0) is 68.4 Å². The van der Waals surface area contributed by atoms with Crippen LogP contribution in [0.4, 0.5) is 0 Å². The lowest BCUT2D eigenvalue weighted by molar-refractivity contribution is 0.555. The molecule has 0 saturated carbocycles. The first-order chi connectivity index (χ1) is 9.28. The van der Waals surface area contributed by atoms with Crippen molar-refractivity contribution in [1.29, 1.82) is 0 Å². The molecule has 2 nitrogen and oxygen atoms in total. The molecule has 3 aromatic rings. The molecular formula is C14H13IN2S2. The van der Waals surface area contributed by atoms with E-state index in [1.165, 1.54) is 24.1 Å². The molecule has 0 aliphatic heterocycles. The van der Waals surface area contributed by atoms with Gasteiger partial charge in [-0.3, -0.25) is 11.3 Å². The first kappa shape index (κ1) is 13.5. The highest BCUT2D eigenvalue weighted by Crippen LogP contribution is 2.30. The molecule has 19 heavy (non-hydrogen) atoms. The van der Waals surface area contributed by atoms with Gasteiger partial charge in [0.1, 0.15) is 0 Å². The second-order valence-electron chi connectivity index (χ2n) is 4.36. The molecule has 98 valence electrons. The lowest BCUT2D eigenvalue weighted by atomic mass is 10.0. The maximum Gasteiger partial charge on any atom is 0.0656 e. The molecule has 3 N–H and O–H groups in total. The summed E-state index contributed by atoms with van der Waals surface area (Å²) in [5.74, 6) is 5.73. The molecule has 1 aromatic carbocycles. The van der Waals surface area contributed by atoms with Crippen molar-refractivity contribution >= 4 is 55.4 Å². The highest BCUT2D eigenvalue weighted by Gasteiger charge is 2.14. The quantitative estimate of drug-likeness (QED) is 0.389.